The van der Waals surface area contributed by atoms with Crippen molar-refractivity contribution in [1.29, 1.82) is 15.8 Å². The molecule has 2 aromatic heterocycles. The van der Waals surface area contributed by atoms with Gasteiger partial charge in [-0.05, 0) is 119 Å². The summed E-state index contributed by atoms with van der Waals surface area (Å²) < 4.78 is 2.31. The summed E-state index contributed by atoms with van der Waals surface area (Å²) in [6, 6.07) is 82.1. The van der Waals surface area contributed by atoms with Crippen molar-refractivity contribution in [3.05, 3.63) is 241 Å². The molecule has 2 heterocycles. The average molecular weight is 868 g/mol. The fourth-order valence-corrected chi connectivity index (χ4v) is 9.02. The lowest BCUT2D eigenvalue weighted by Crippen LogP contribution is -2.09. The molecule has 0 amide bonds. The van der Waals surface area contributed by atoms with Crippen molar-refractivity contribution in [1.82, 2.24) is 14.5 Å². The monoisotopic (exact) mass is 867 g/mol. The van der Waals surface area contributed by atoms with Crippen LogP contribution in [0.1, 0.15) is 16.7 Å². The minimum atomic E-state index is 0.474. The molecule has 0 bridgehead atoms. The normalized spacial score (nSPS) is 10.9. The molecule has 0 aliphatic rings. The molecular weight excluding hydrogens is 831 g/mol. The molecule has 0 aliphatic heterocycles. The summed E-state index contributed by atoms with van der Waals surface area (Å²) in [5, 5.41) is 32.0. The van der Waals surface area contributed by atoms with Gasteiger partial charge in [0.1, 0.15) is 0 Å². The van der Waals surface area contributed by atoms with E-state index in [2.05, 4.69) is 149 Å². The molecule has 0 fully saturated rings. The zero-order valence-corrected chi connectivity index (χ0v) is 36.5. The van der Waals surface area contributed by atoms with E-state index in [0.717, 1.165) is 78.1 Å². The van der Waals surface area contributed by atoms with Crippen LogP contribution in [0.5, 0.6) is 0 Å². The number of aromatic nitrogens is 3. The Labute approximate surface area is 393 Å². The number of anilines is 3. The first-order chi connectivity index (χ1) is 33.5. The fraction of sp³-hybridized carbons (Fsp3) is 0. The van der Waals surface area contributed by atoms with Gasteiger partial charge in [0.15, 0.2) is 5.82 Å². The van der Waals surface area contributed by atoms with Gasteiger partial charge in [-0.3, -0.25) is 0 Å². The summed E-state index contributed by atoms with van der Waals surface area (Å²) in [6.07, 6.45) is 0. The molecule has 7 heteroatoms. The molecule has 0 saturated carbocycles. The minimum absolute atomic E-state index is 0.474. The van der Waals surface area contributed by atoms with Crippen molar-refractivity contribution < 1.29 is 0 Å². The Bertz CT molecular complexity index is 3700. The lowest BCUT2D eigenvalue weighted by molar-refractivity contribution is 1.18. The summed E-state index contributed by atoms with van der Waals surface area (Å²) in [5.74, 6) is 0.474. The summed E-state index contributed by atoms with van der Waals surface area (Å²) in [5.41, 5.74) is 15.5. The Morgan fingerprint density at radius 2 is 0.941 bits per heavy atom. The van der Waals surface area contributed by atoms with Crippen LogP contribution in [-0.2, 0) is 0 Å². The molecule has 11 rings (SSSR count). The Morgan fingerprint density at radius 1 is 0.368 bits per heavy atom. The zero-order valence-electron chi connectivity index (χ0n) is 36.5. The second-order valence-corrected chi connectivity index (χ2v) is 16.4. The van der Waals surface area contributed by atoms with E-state index in [1.807, 2.05) is 84.9 Å². The van der Waals surface area contributed by atoms with Crippen molar-refractivity contribution in [3.63, 3.8) is 0 Å². The highest BCUT2D eigenvalue weighted by Gasteiger charge is 2.18. The molecule has 68 heavy (non-hydrogen) atoms. The predicted molar refractivity (Wildman–Crippen MR) is 272 cm³/mol. The molecule has 0 spiro atoms. The maximum absolute atomic E-state index is 10.5. The van der Waals surface area contributed by atoms with Gasteiger partial charge in [0, 0.05) is 50.2 Å². The number of rotatable bonds is 9. The van der Waals surface area contributed by atoms with Crippen molar-refractivity contribution >= 4 is 38.9 Å². The molecule has 0 radical (unpaired) electrons. The van der Waals surface area contributed by atoms with E-state index < -0.39 is 0 Å². The second-order valence-electron chi connectivity index (χ2n) is 16.4. The molecule has 7 nitrogen and oxygen atoms in total. The predicted octanol–water partition coefficient (Wildman–Crippen LogP) is 15.0. The summed E-state index contributed by atoms with van der Waals surface area (Å²) >= 11 is 0. The molecule has 0 atom stereocenters. The van der Waals surface area contributed by atoms with E-state index in [1.165, 1.54) is 5.39 Å². The average Bonchev–Trinajstić information content (AvgIpc) is 3.75. The second kappa shape index (κ2) is 17.6. The van der Waals surface area contributed by atoms with Crippen LogP contribution in [0.15, 0.2) is 224 Å². The Kier molecular flexibility index (Phi) is 10.6. The van der Waals surface area contributed by atoms with Crippen LogP contribution in [0.4, 0.5) is 17.1 Å². The molecule has 316 valence electrons. The van der Waals surface area contributed by atoms with Gasteiger partial charge in [0.25, 0.3) is 0 Å². The third-order valence-electron chi connectivity index (χ3n) is 12.3. The smallest absolute Gasteiger partial charge is 0.160 e. The van der Waals surface area contributed by atoms with Gasteiger partial charge in [-0.1, -0.05) is 127 Å². The van der Waals surface area contributed by atoms with Crippen LogP contribution in [0.25, 0.3) is 83.6 Å². The van der Waals surface area contributed by atoms with Crippen LogP contribution in [0.2, 0.25) is 0 Å². The van der Waals surface area contributed by atoms with E-state index in [-0.39, 0.29) is 0 Å². The van der Waals surface area contributed by atoms with Crippen LogP contribution >= 0.6 is 0 Å². The van der Waals surface area contributed by atoms with Crippen molar-refractivity contribution in [2.45, 2.75) is 0 Å². The quantitative estimate of drug-likeness (QED) is 0.143. The van der Waals surface area contributed by atoms with Gasteiger partial charge in [-0.2, -0.15) is 15.8 Å². The molecular formula is C61H37N7. The maximum Gasteiger partial charge on any atom is 0.160 e. The fourth-order valence-electron chi connectivity index (χ4n) is 9.02. The van der Waals surface area contributed by atoms with Gasteiger partial charge < -0.3 is 9.47 Å². The number of para-hydroxylation sites is 3. The van der Waals surface area contributed by atoms with Gasteiger partial charge in [-0.15, -0.1) is 0 Å². The Balaban J connectivity index is 0.902. The van der Waals surface area contributed by atoms with Crippen LogP contribution in [0.3, 0.4) is 0 Å². The molecule has 0 saturated heterocycles. The molecule has 9 aromatic carbocycles. The Hall–Kier alpha value is -9.87. The standard InChI is InChI=1S/C61H37N7/c62-38-41-11-9-13-47(33-41)58-37-57(65-61(66-58)48-14-10-12-42(34-48)39-63)45-23-21-43(22-24-45)46-27-31-54(49(35-46)40-64)44-25-28-52(29-26-44)68-59-20-8-7-19-55(59)56-36-53(30-32-60(56)68)67(50-15-3-1-4-16-50)51-17-5-2-6-18-51/h1-37H. The van der Waals surface area contributed by atoms with Gasteiger partial charge in [0.2, 0.25) is 0 Å². The lowest BCUT2D eigenvalue weighted by Gasteiger charge is -2.25. The van der Waals surface area contributed by atoms with Gasteiger partial charge in [0.05, 0.1) is 57.3 Å². The molecule has 0 N–H and O–H groups in total. The number of hydrogen-bond acceptors (Lipinski definition) is 6. The number of hydrogen-bond donors (Lipinski definition) is 0. The number of fused-ring (bicyclic) bond motifs is 3. The van der Waals surface area contributed by atoms with Gasteiger partial charge in [-0.25, -0.2) is 9.97 Å². The van der Waals surface area contributed by atoms with Crippen LogP contribution in [-0.4, -0.2) is 14.5 Å². The molecule has 0 aliphatic carbocycles. The largest absolute Gasteiger partial charge is 0.310 e. The van der Waals surface area contributed by atoms with Crippen molar-refractivity contribution in [3.8, 4) is 80.1 Å². The minimum Gasteiger partial charge on any atom is -0.310 e. The molecule has 0 unspecified atom stereocenters. The van der Waals surface area contributed by atoms with E-state index in [0.29, 0.717) is 33.9 Å². The first-order valence-corrected chi connectivity index (χ1v) is 22.1. The highest BCUT2D eigenvalue weighted by atomic mass is 15.1. The summed E-state index contributed by atoms with van der Waals surface area (Å²) in [4.78, 5) is 12.1. The van der Waals surface area contributed by atoms with E-state index in [9.17, 15) is 15.8 Å². The third kappa shape index (κ3) is 7.67. The first kappa shape index (κ1) is 40.9. The zero-order chi connectivity index (χ0) is 46.0. The van der Waals surface area contributed by atoms with Crippen molar-refractivity contribution in [2.24, 2.45) is 0 Å². The SMILES string of the molecule is N#Cc1cccc(-c2cc(-c3ccc(-c4ccc(-c5ccc(-n6c7ccccc7c7cc(N(c8ccccc8)c8ccccc8)ccc76)cc5)c(C#N)c4)cc3)nc(-c3cccc(C#N)c3)n2)c1. The van der Waals surface area contributed by atoms with Crippen LogP contribution in [0, 0.1) is 34.0 Å². The number of nitrogens with zero attached hydrogens (tertiary/aromatic N) is 7. The molecule has 11 aromatic rings. The highest BCUT2D eigenvalue weighted by molar-refractivity contribution is 6.10. The first-order valence-electron chi connectivity index (χ1n) is 22.1. The van der Waals surface area contributed by atoms with Crippen LogP contribution < -0.4 is 4.90 Å². The van der Waals surface area contributed by atoms with E-state index >= 15 is 0 Å². The summed E-state index contributed by atoms with van der Waals surface area (Å²) in [7, 11) is 0. The maximum atomic E-state index is 10.5. The lowest BCUT2D eigenvalue weighted by atomic mass is 9.94. The number of benzene rings is 9. The topological polar surface area (TPSA) is 105 Å². The van der Waals surface area contributed by atoms with Crippen molar-refractivity contribution in [2.75, 3.05) is 4.90 Å². The Morgan fingerprint density at radius 3 is 1.62 bits per heavy atom. The third-order valence-corrected chi connectivity index (χ3v) is 12.3. The highest BCUT2D eigenvalue weighted by Crippen LogP contribution is 2.40. The van der Waals surface area contributed by atoms with Gasteiger partial charge >= 0.3 is 0 Å². The van der Waals surface area contributed by atoms with E-state index in [1.54, 1.807) is 18.2 Å². The summed E-state index contributed by atoms with van der Waals surface area (Å²) in [6.45, 7) is 0. The number of nitriles is 3. The van der Waals surface area contributed by atoms with E-state index in [4.69, 9.17) is 9.97 Å².